The second kappa shape index (κ2) is 5.47. The highest BCUT2D eigenvalue weighted by Crippen LogP contribution is 2.20. The minimum Gasteiger partial charge on any atom is -0.377 e. The molecular weight excluding hydrogens is 275 g/mol. The summed E-state index contributed by atoms with van der Waals surface area (Å²) in [5, 5.41) is 4.60. The van der Waals surface area contributed by atoms with Gasteiger partial charge in [-0.3, -0.25) is 4.98 Å². The molecule has 3 rings (SSSR count). The average Bonchev–Trinajstić information content (AvgIpc) is 2.48. The Hall–Kier alpha value is -2.13. The van der Waals surface area contributed by atoms with E-state index in [4.69, 9.17) is 11.6 Å². The summed E-state index contributed by atoms with van der Waals surface area (Å²) in [4.78, 5) is 4.52. The summed E-state index contributed by atoms with van der Waals surface area (Å²) in [6.45, 7) is 0.447. The monoisotopic (exact) mass is 286 g/mol. The largest absolute Gasteiger partial charge is 0.377 e. The Labute approximate surface area is 121 Å². The number of nitrogens with zero attached hydrogens (tertiary/aromatic N) is 1. The number of anilines is 1. The van der Waals surface area contributed by atoms with Crippen LogP contribution in [0.1, 0.15) is 5.69 Å². The molecule has 0 atom stereocenters. The van der Waals surface area contributed by atoms with E-state index >= 15 is 0 Å². The summed E-state index contributed by atoms with van der Waals surface area (Å²) in [6.07, 6.45) is 0. The molecule has 0 unspecified atom stereocenters. The van der Waals surface area contributed by atoms with Gasteiger partial charge in [0, 0.05) is 10.4 Å². The van der Waals surface area contributed by atoms with Crippen molar-refractivity contribution in [1.82, 2.24) is 4.98 Å². The summed E-state index contributed by atoms with van der Waals surface area (Å²) in [5.74, 6) is -0.324. The fourth-order valence-electron chi connectivity index (χ4n) is 2.03. The molecule has 2 aromatic carbocycles. The van der Waals surface area contributed by atoms with Gasteiger partial charge in [0.2, 0.25) is 0 Å². The molecule has 0 saturated carbocycles. The van der Waals surface area contributed by atoms with Gasteiger partial charge < -0.3 is 5.32 Å². The van der Waals surface area contributed by atoms with Crippen molar-refractivity contribution in [3.05, 3.63) is 71.1 Å². The highest BCUT2D eigenvalue weighted by Gasteiger charge is 2.03. The molecule has 1 aromatic heterocycles. The van der Waals surface area contributed by atoms with Crippen LogP contribution in [0.15, 0.2) is 54.6 Å². The Morgan fingerprint density at radius 3 is 2.80 bits per heavy atom. The van der Waals surface area contributed by atoms with Crippen molar-refractivity contribution in [2.75, 3.05) is 5.32 Å². The van der Waals surface area contributed by atoms with E-state index in [1.165, 1.54) is 12.1 Å². The predicted molar refractivity (Wildman–Crippen MR) is 80.5 cm³/mol. The zero-order valence-corrected chi connectivity index (χ0v) is 11.4. The smallest absolute Gasteiger partial charge is 0.146 e. The van der Waals surface area contributed by atoms with Crippen LogP contribution in [0.4, 0.5) is 10.1 Å². The SMILES string of the molecule is Fc1ccc(Cl)cc1NCc1ccc2ccccc2n1. The van der Waals surface area contributed by atoms with Crippen molar-refractivity contribution in [1.29, 1.82) is 0 Å². The van der Waals surface area contributed by atoms with Gasteiger partial charge in [0.15, 0.2) is 0 Å². The van der Waals surface area contributed by atoms with Crippen LogP contribution < -0.4 is 5.32 Å². The average molecular weight is 287 g/mol. The molecular formula is C16H12ClFN2. The Kier molecular flexibility index (Phi) is 3.52. The lowest BCUT2D eigenvalue weighted by atomic mass is 10.2. The summed E-state index contributed by atoms with van der Waals surface area (Å²) in [7, 11) is 0. The minimum absolute atomic E-state index is 0.324. The molecule has 0 aliphatic heterocycles. The molecule has 0 fully saturated rings. The molecule has 2 nitrogen and oxygen atoms in total. The quantitative estimate of drug-likeness (QED) is 0.759. The highest BCUT2D eigenvalue weighted by atomic mass is 35.5. The van der Waals surface area contributed by atoms with Crippen LogP contribution in [-0.2, 0) is 6.54 Å². The van der Waals surface area contributed by atoms with Gasteiger partial charge in [-0.2, -0.15) is 0 Å². The van der Waals surface area contributed by atoms with Crippen molar-refractivity contribution >= 4 is 28.2 Å². The van der Waals surface area contributed by atoms with E-state index in [1.54, 1.807) is 6.07 Å². The third-order valence-electron chi connectivity index (χ3n) is 3.04. The maximum Gasteiger partial charge on any atom is 0.146 e. The minimum atomic E-state index is -0.324. The topological polar surface area (TPSA) is 24.9 Å². The maximum atomic E-state index is 13.6. The van der Waals surface area contributed by atoms with Gasteiger partial charge >= 0.3 is 0 Å². The summed E-state index contributed by atoms with van der Waals surface area (Å²) in [5.41, 5.74) is 2.16. The highest BCUT2D eigenvalue weighted by molar-refractivity contribution is 6.30. The van der Waals surface area contributed by atoms with Gasteiger partial charge in [0.25, 0.3) is 0 Å². The van der Waals surface area contributed by atoms with Crippen LogP contribution in [0.2, 0.25) is 5.02 Å². The molecule has 1 N–H and O–H groups in total. The van der Waals surface area contributed by atoms with Crippen LogP contribution >= 0.6 is 11.6 Å². The number of rotatable bonds is 3. The summed E-state index contributed by atoms with van der Waals surface area (Å²) >= 11 is 5.85. The molecule has 4 heteroatoms. The number of pyridine rings is 1. The molecule has 0 radical (unpaired) electrons. The number of hydrogen-bond acceptors (Lipinski definition) is 2. The number of para-hydroxylation sites is 1. The Balaban J connectivity index is 1.81. The number of fused-ring (bicyclic) bond motifs is 1. The lowest BCUT2D eigenvalue weighted by molar-refractivity contribution is 0.630. The summed E-state index contributed by atoms with van der Waals surface area (Å²) < 4.78 is 13.6. The Morgan fingerprint density at radius 1 is 1.05 bits per heavy atom. The third-order valence-corrected chi connectivity index (χ3v) is 3.28. The number of benzene rings is 2. The van der Waals surface area contributed by atoms with Crippen molar-refractivity contribution in [2.24, 2.45) is 0 Å². The molecule has 0 bridgehead atoms. The predicted octanol–water partition coefficient (Wildman–Crippen LogP) is 4.64. The second-order valence-corrected chi connectivity index (χ2v) is 4.91. The van der Waals surface area contributed by atoms with E-state index in [0.29, 0.717) is 17.3 Å². The molecule has 0 spiro atoms. The van der Waals surface area contributed by atoms with Gasteiger partial charge in [-0.25, -0.2) is 4.39 Å². The lowest BCUT2D eigenvalue weighted by Gasteiger charge is -2.08. The van der Waals surface area contributed by atoms with Crippen LogP contribution in [0.3, 0.4) is 0 Å². The van der Waals surface area contributed by atoms with E-state index in [-0.39, 0.29) is 5.82 Å². The molecule has 1 heterocycles. The number of halogens is 2. The van der Waals surface area contributed by atoms with Crippen molar-refractivity contribution < 1.29 is 4.39 Å². The fourth-order valence-corrected chi connectivity index (χ4v) is 2.20. The maximum absolute atomic E-state index is 13.6. The molecule has 0 aliphatic carbocycles. The van der Waals surface area contributed by atoms with E-state index in [2.05, 4.69) is 10.3 Å². The Morgan fingerprint density at radius 2 is 1.90 bits per heavy atom. The van der Waals surface area contributed by atoms with Crippen molar-refractivity contribution in [3.8, 4) is 0 Å². The molecule has 20 heavy (non-hydrogen) atoms. The van der Waals surface area contributed by atoms with Gasteiger partial charge in [0.1, 0.15) is 5.82 Å². The molecule has 0 aliphatic rings. The molecule has 0 saturated heterocycles. The first-order valence-corrected chi connectivity index (χ1v) is 6.64. The number of hydrogen-bond donors (Lipinski definition) is 1. The number of nitrogens with one attached hydrogen (secondary N) is 1. The molecule has 3 aromatic rings. The van der Waals surface area contributed by atoms with Gasteiger partial charge in [-0.1, -0.05) is 35.9 Å². The normalized spacial score (nSPS) is 10.7. The molecule has 100 valence electrons. The first-order chi connectivity index (χ1) is 9.72. The standard InChI is InChI=1S/C16H12ClFN2/c17-12-6-8-14(18)16(9-12)19-10-13-7-5-11-3-1-2-4-15(11)20-13/h1-9,19H,10H2. The van der Waals surface area contributed by atoms with E-state index < -0.39 is 0 Å². The first-order valence-electron chi connectivity index (χ1n) is 6.26. The van der Waals surface area contributed by atoms with Crippen LogP contribution in [0.25, 0.3) is 10.9 Å². The van der Waals surface area contributed by atoms with Gasteiger partial charge in [0.05, 0.1) is 23.4 Å². The van der Waals surface area contributed by atoms with E-state index in [0.717, 1.165) is 16.6 Å². The van der Waals surface area contributed by atoms with Crippen molar-refractivity contribution in [2.45, 2.75) is 6.54 Å². The molecule has 0 amide bonds. The van der Waals surface area contributed by atoms with Crippen LogP contribution in [-0.4, -0.2) is 4.98 Å². The van der Waals surface area contributed by atoms with Crippen LogP contribution in [0.5, 0.6) is 0 Å². The van der Waals surface area contributed by atoms with Crippen molar-refractivity contribution in [3.63, 3.8) is 0 Å². The Bertz CT molecular complexity index is 758. The fraction of sp³-hybridized carbons (Fsp3) is 0.0625. The van der Waals surface area contributed by atoms with Crippen LogP contribution in [0, 0.1) is 5.82 Å². The summed E-state index contributed by atoms with van der Waals surface area (Å²) in [6, 6.07) is 16.3. The number of aromatic nitrogens is 1. The van der Waals surface area contributed by atoms with E-state index in [9.17, 15) is 4.39 Å². The third kappa shape index (κ3) is 2.73. The second-order valence-electron chi connectivity index (χ2n) is 4.47. The zero-order chi connectivity index (χ0) is 13.9. The first kappa shape index (κ1) is 12.9. The van der Waals surface area contributed by atoms with Gasteiger partial charge in [-0.05, 0) is 30.3 Å². The van der Waals surface area contributed by atoms with E-state index in [1.807, 2.05) is 36.4 Å². The van der Waals surface area contributed by atoms with Gasteiger partial charge in [-0.15, -0.1) is 0 Å². The lowest BCUT2D eigenvalue weighted by Crippen LogP contribution is -2.03. The zero-order valence-electron chi connectivity index (χ0n) is 10.6.